The molecule has 2 bridgehead atoms. The summed E-state index contributed by atoms with van der Waals surface area (Å²) in [6.45, 7) is 6.90. The standard InChI is InChI=1S/C21H28N2O4/c1-15-18(26-12-11-25-2)4-3-17-19(15)16(13-22-17)20(24)27-14-21-5-8-23(9-6-21)10-7-21/h3-4,13,22H,5-12,14H2,1-2H3. The van der Waals surface area contributed by atoms with E-state index in [2.05, 4.69) is 9.88 Å². The Kier molecular flexibility index (Phi) is 5.10. The molecular formula is C21H28N2O4. The molecule has 1 N–H and O–H groups in total. The molecule has 5 rings (SSSR count). The minimum absolute atomic E-state index is 0.181. The Morgan fingerprint density at radius 2 is 1.93 bits per heavy atom. The van der Waals surface area contributed by atoms with E-state index in [0.29, 0.717) is 25.4 Å². The summed E-state index contributed by atoms with van der Waals surface area (Å²) in [4.78, 5) is 18.5. The van der Waals surface area contributed by atoms with Crippen LogP contribution >= 0.6 is 0 Å². The van der Waals surface area contributed by atoms with Gasteiger partial charge in [0.25, 0.3) is 0 Å². The SMILES string of the molecule is COCCOc1ccc2[nH]cc(C(=O)OCC34CCN(CC3)CC4)c2c1C. The van der Waals surface area contributed by atoms with Crippen molar-refractivity contribution in [2.45, 2.75) is 26.2 Å². The Bertz CT molecular complexity index is 807. The van der Waals surface area contributed by atoms with Gasteiger partial charge in [-0.2, -0.15) is 0 Å². The van der Waals surface area contributed by atoms with Crippen LogP contribution in [0.25, 0.3) is 10.9 Å². The molecule has 3 aliphatic rings. The number of aryl methyl sites for hydroxylation is 1. The second kappa shape index (κ2) is 7.52. The lowest BCUT2D eigenvalue weighted by molar-refractivity contribution is -0.0304. The number of carbonyl (C=O) groups excluding carboxylic acids is 1. The number of nitrogens with one attached hydrogen (secondary N) is 1. The van der Waals surface area contributed by atoms with Crippen LogP contribution in [0.5, 0.6) is 5.75 Å². The van der Waals surface area contributed by atoms with Crippen LogP contribution < -0.4 is 4.74 Å². The van der Waals surface area contributed by atoms with Crippen molar-refractivity contribution in [3.8, 4) is 5.75 Å². The van der Waals surface area contributed by atoms with Gasteiger partial charge in [0.05, 0.1) is 18.8 Å². The Labute approximate surface area is 159 Å². The van der Waals surface area contributed by atoms with Crippen LogP contribution in [0.1, 0.15) is 35.2 Å². The van der Waals surface area contributed by atoms with Crippen LogP contribution in [0, 0.1) is 12.3 Å². The molecule has 27 heavy (non-hydrogen) atoms. The van der Waals surface area contributed by atoms with Crippen molar-refractivity contribution < 1.29 is 19.0 Å². The van der Waals surface area contributed by atoms with Gasteiger partial charge in [-0.15, -0.1) is 0 Å². The predicted octanol–water partition coefficient (Wildman–Crippen LogP) is 3.14. The van der Waals surface area contributed by atoms with Crippen molar-refractivity contribution in [3.63, 3.8) is 0 Å². The molecule has 0 spiro atoms. The molecule has 3 saturated heterocycles. The molecule has 3 aliphatic heterocycles. The average molecular weight is 372 g/mol. The summed E-state index contributed by atoms with van der Waals surface area (Å²) in [5.74, 6) is 0.521. The maximum atomic E-state index is 12.8. The van der Waals surface area contributed by atoms with E-state index in [0.717, 1.165) is 61.1 Å². The molecule has 6 heteroatoms. The topological polar surface area (TPSA) is 63.8 Å². The summed E-state index contributed by atoms with van der Waals surface area (Å²) in [7, 11) is 1.65. The summed E-state index contributed by atoms with van der Waals surface area (Å²) in [6.07, 6.45) is 5.14. The molecule has 1 aromatic heterocycles. The van der Waals surface area contributed by atoms with Crippen molar-refractivity contribution >= 4 is 16.9 Å². The molecule has 2 aromatic rings. The van der Waals surface area contributed by atoms with Gasteiger partial charge in [-0.3, -0.25) is 0 Å². The van der Waals surface area contributed by atoms with Crippen molar-refractivity contribution in [3.05, 3.63) is 29.5 Å². The first kappa shape index (κ1) is 18.3. The van der Waals surface area contributed by atoms with E-state index in [9.17, 15) is 4.79 Å². The zero-order valence-electron chi connectivity index (χ0n) is 16.2. The molecule has 1 aromatic carbocycles. The molecule has 0 radical (unpaired) electrons. The fourth-order valence-corrected chi connectivity index (χ4v) is 4.34. The van der Waals surface area contributed by atoms with E-state index in [1.807, 2.05) is 19.1 Å². The van der Waals surface area contributed by atoms with Crippen molar-refractivity contribution in [2.75, 3.05) is 46.6 Å². The maximum absolute atomic E-state index is 12.8. The number of esters is 1. The smallest absolute Gasteiger partial charge is 0.340 e. The van der Waals surface area contributed by atoms with E-state index < -0.39 is 0 Å². The number of methoxy groups -OCH3 is 1. The third kappa shape index (κ3) is 3.56. The Morgan fingerprint density at radius 1 is 1.19 bits per heavy atom. The summed E-state index contributed by atoms with van der Waals surface area (Å²) >= 11 is 0. The summed E-state index contributed by atoms with van der Waals surface area (Å²) in [5, 5.41) is 0.880. The van der Waals surface area contributed by atoms with Gasteiger partial charge in [0.2, 0.25) is 0 Å². The third-order valence-corrected chi connectivity index (χ3v) is 6.21. The van der Waals surface area contributed by atoms with E-state index >= 15 is 0 Å². The van der Waals surface area contributed by atoms with Crippen LogP contribution in [0.15, 0.2) is 18.3 Å². The highest BCUT2D eigenvalue weighted by Crippen LogP contribution is 2.40. The average Bonchev–Trinajstić information content (AvgIpc) is 3.15. The van der Waals surface area contributed by atoms with Crippen LogP contribution in [0.4, 0.5) is 0 Å². The lowest BCUT2D eigenvalue weighted by atomic mass is 9.73. The van der Waals surface area contributed by atoms with Crippen LogP contribution in [-0.2, 0) is 9.47 Å². The van der Waals surface area contributed by atoms with E-state index in [1.54, 1.807) is 13.3 Å². The normalized spacial score (nSPS) is 24.3. The van der Waals surface area contributed by atoms with E-state index in [4.69, 9.17) is 14.2 Å². The number of aromatic nitrogens is 1. The number of H-pyrrole nitrogens is 1. The molecular weight excluding hydrogens is 344 g/mol. The largest absolute Gasteiger partial charge is 0.491 e. The highest BCUT2D eigenvalue weighted by atomic mass is 16.5. The number of carbonyl (C=O) groups is 1. The molecule has 0 aliphatic carbocycles. The van der Waals surface area contributed by atoms with Crippen molar-refractivity contribution in [1.82, 2.24) is 9.88 Å². The number of hydrogen-bond acceptors (Lipinski definition) is 5. The zero-order valence-corrected chi connectivity index (χ0v) is 16.2. The second-order valence-corrected chi connectivity index (χ2v) is 7.82. The molecule has 0 atom stereocenters. The van der Waals surface area contributed by atoms with Gasteiger partial charge < -0.3 is 24.1 Å². The van der Waals surface area contributed by atoms with Gasteiger partial charge in [-0.25, -0.2) is 4.79 Å². The summed E-state index contributed by atoms with van der Waals surface area (Å²) in [6, 6.07) is 3.87. The Balaban J connectivity index is 1.50. The number of hydrogen-bond donors (Lipinski definition) is 1. The van der Waals surface area contributed by atoms with E-state index in [1.165, 1.54) is 0 Å². The first-order valence-electron chi connectivity index (χ1n) is 9.74. The number of piperidine rings is 3. The number of benzene rings is 1. The lowest BCUT2D eigenvalue weighted by Gasteiger charge is -2.47. The fraction of sp³-hybridized carbons (Fsp3) is 0.571. The lowest BCUT2D eigenvalue weighted by Crippen LogP contribution is -2.50. The van der Waals surface area contributed by atoms with Gasteiger partial charge in [0.15, 0.2) is 0 Å². The Hall–Kier alpha value is -2.05. The number of rotatable bonds is 7. The summed E-state index contributed by atoms with van der Waals surface area (Å²) in [5.41, 5.74) is 2.63. The second-order valence-electron chi connectivity index (χ2n) is 7.82. The Morgan fingerprint density at radius 3 is 2.63 bits per heavy atom. The quantitative estimate of drug-likeness (QED) is 0.598. The third-order valence-electron chi connectivity index (χ3n) is 6.21. The number of ether oxygens (including phenoxy) is 3. The molecule has 146 valence electrons. The van der Waals surface area contributed by atoms with Gasteiger partial charge in [0.1, 0.15) is 12.4 Å². The van der Waals surface area contributed by atoms with Crippen LogP contribution in [0.2, 0.25) is 0 Å². The molecule has 3 fully saturated rings. The number of nitrogens with zero attached hydrogens (tertiary/aromatic N) is 1. The molecule has 0 unspecified atom stereocenters. The molecule has 0 saturated carbocycles. The monoisotopic (exact) mass is 372 g/mol. The molecule has 4 heterocycles. The zero-order chi connectivity index (χ0) is 18.9. The minimum Gasteiger partial charge on any atom is -0.491 e. The fourth-order valence-electron chi connectivity index (χ4n) is 4.34. The minimum atomic E-state index is -0.249. The summed E-state index contributed by atoms with van der Waals surface area (Å²) < 4.78 is 16.6. The molecule has 0 amide bonds. The van der Waals surface area contributed by atoms with Gasteiger partial charge in [0, 0.05) is 35.2 Å². The van der Waals surface area contributed by atoms with Crippen molar-refractivity contribution in [2.24, 2.45) is 5.41 Å². The van der Waals surface area contributed by atoms with Crippen molar-refractivity contribution in [1.29, 1.82) is 0 Å². The maximum Gasteiger partial charge on any atom is 0.340 e. The molecule has 6 nitrogen and oxygen atoms in total. The van der Waals surface area contributed by atoms with Crippen LogP contribution in [-0.4, -0.2) is 62.4 Å². The van der Waals surface area contributed by atoms with E-state index in [-0.39, 0.29) is 11.4 Å². The first-order valence-corrected chi connectivity index (χ1v) is 9.74. The predicted molar refractivity (Wildman–Crippen MR) is 103 cm³/mol. The van der Waals surface area contributed by atoms with Gasteiger partial charge >= 0.3 is 5.97 Å². The number of aromatic amines is 1. The highest BCUT2D eigenvalue weighted by molar-refractivity contribution is 6.06. The first-order chi connectivity index (χ1) is 13.1. The van der Waals surface area contributed by atoms with Crippen LogP contribution in [0.3, 0.4) is 0 Å². The van der Waals surface area contributed by atoms with Gasteiger partial charge in [-0.05, 0) is 58.0 Å². The van der Waals surface area contributed by atoms with Gasteiger partial charge in [-0.1, -0.05) is 0 Å². The number of fused-ring (bicyclic) bond motifs is 4. The highest BCUT2D eigenvalue weighted by Gasteiger charge is 2.40.